The molecule has 0 spiro atoms. The van der Waals surface area contributed by atoms with Gasteiger partial charge in [0, 0.05) is 5.69 Å². The number of rotatable bonds is 3. The molecule has 1 aromatic heterocycles. The van der Waals surface area contributed by atoms with Crippen molar-refractivity contribution in [3.05, 3.63) is 36.7 Å². The zero-order valence-electron chi connectivity index (χ0n) is 7.88. The summed E-state index contributed by atoms with van der Waals surface area (Å²) in [7, 11) is 0. The molecule has 1 aromatic carbocycles. The van der Waals surface area contributed by atoms with Gasteiger partial charge in [-0.15, -0.1) is 0 Å². The molecule has 0 fully saturated rings. The van der Waals surface area contributed by atoms with Crippen LogP contribution in [0.2, 0.25) is 0 Å². The van der Waals surface area contributed by atoms with E-state index in [0.29, 0.717) is 11.9 Å². The Kier molecular flexibility index (Phi) is 2.70. The lowest BCUT2D eigenvalue weighted by Crippen LogP contribution is -2.11. The number of benzene rings is 1. The summed E-state index contributed by atoms with van der Waals surface area (Å²) in [6.07, 6.45) is 1.38. The van der Waals surface area contributed by atoms with E-state index in [-0.39, 0.29) is 0 Å². The average Bonchev–Trinajstić information content (AvgIpc) is 2.31. The van der Waals surface area contributed by atoms with Crippen molar-refractivity contribution in [1.29, 1.82) is 0 Å². The second kappa shape index (κ2) is 4.34. The van der Waals surface area contributed by atoms with Gasteiger partial charge >= 0.3 is 0 Å². The van der Waals surface area contributed by atoms with E-state index in [1.807, 2.05) is 30.3 Å². The van der Waals surface area contributed by atoms with Crippen molar-refractivity contribution in [2.75, 3.05) is 10.7 Å². The molecule has 0 atom stereocenters. The van der Waals surface area contributed by atoms with Crippen LogP contribution in [0.25, 0.3) is 0 Å². The first-order valence-electron chi connectivity index (χ1n) is 4.36. The van der Waals surface area contributed by atoms with Crippen LogP contribution in [0.15, 0.2) is 36.7 Å². The summed E-state index contributed by atoms with van der Waals surface area (Å²) in [4.78, 5) is 11.8. The zero-order chi connectivity index (χ0) is 10.5. The van der Waals surface area contributed by atoms with E-state index in [0.717, 1.165) is 5.69 Å². The number of nitrogen functional groups attached to an aromatic ring is 1. The molecule has 0 aliphatic carbocycles. The molecule has 6 heteroatoms. The van der Waals surface area contributed by atoms with E-state index in [9.17, 15) is 0 Å². The number of nitrogens with two attached hydrogens (primary N) is 1. The van der Waals surface area contributed by atoms with Gasteiger partial charge in [-0.25, -0.2) is 15.8 Å². The van der Waals surface area contributed by atoms with E-state index < -0.39 is 0 Å². The van der Waals surface area contributed by atoms with Gasteiger partial charge in [-0.1, -0.05) is 18.2 Å². The number of nitrogens with zero attached hydrogens (tertiary/aromatic N) is 3. The van der Waals surface area contributed by atoms with Crippen molar-refractivity contribution in [1.82, 2.24) is 15.0 Å². The molecule has 0 unspecified atom stereocenters. The first kappa shape index (κ1) is 9.35. The van der Waals surface area contributed by atoms with E-state index >= 15 is 0 Å². The number of hydrogen-bond donors (Lipinski definition) is 3. The molecule has 76 valence electrons. The molecule has 2 rings (SSSR count). The summed E-state index contributed by atoms with van der Waals surface area (Å²) in [6, 6.07) is 9.61. The maximum Gasteiger partial charge on any atom is 0.241 e. The van der Waals surface area contributed by atoms with Gasteiger partial charge in [0.1, 0.15) is 6.33 Å². The van der Waals surface area contributed by atoms with Gasteiger partial charge in [-0.3, -0.25) is 5.43 Å². The van der Waals surface area contributed by atoms with Crippen molar-refractivity contribution in [3.8, 4) is 0 Å². The van der Waals surface area contributed by atoms with Crippen LogP contribution in [0.1, 0.15) is 0 Å². The Hall–Kier alpha value is -2.21. The molecule has 1 heterocycles. The predicted octanol–water partition coefficient (Wildman–Crippen LogP) is 0.901. The lowest BCUT2D eigenvalue weighted by Gasteiger charge is -2.04. The minimum Gasteiger partial charge on any atom is -0.324 e. The summed E-state index contributed by atoms with van der Waals surface area (Å²) < 4.78 is 0. The third-order valence-corrected chi connectivity index (χ3v) is 1.73. The van der Waals surface area contributed by atoms with Crippen molar-refractivity contribution < 1.29 is 0 Å². The Labute approximate surface area is 86.6 Å². The SMILES string of the molecule is NNc1ncnc(Nc2ccccc2)n1. The quantitative estimate of drug-likeness (QED) is 0.506. The van der Waals surface area contributed by atoms with E-state index in [2.05, 4.69) is 25.7 Å². The Bertz CT molecular complexity index is 430. The topological polar surface area (TPSA) is 88.8 Å². The molecule has 0 aliphatic rings. The highest BCUT2D eigenvalue weighted by atomic mass is 15.3. The smallest absolute Gasteiger partial charge is 0.241 e. The van der Waals surface area contributed by atoms with Crippen LogP contribution >= 0.6 is 0 Å². The van der Waals surface area contributed by atoms with Gasteiger partial charge in [0.2, 0.25) is 11.9 Å². The van der Waals surface area contributed by atoms with Crippen LogP contribution in [-0.4, -0.2) is 15.0 Å². The summed E-state index contributed by atoms with van der Waals surface area (Å²) in [5.74, 6) is 5.95. The van der Waals surface area contributed by atoms with E-state index in [4.69, 9.17) is 5.84 Å². The zero-order valence-corrected chi connectivity index (χ0v) is 7.88. The molecule has 4 N–H and O–H groups in total. The lowest BCUT2D eigenvalue weighted by atomic mass is 10.3. The third-order valence-electron chi connectivity index (χ3n) is 1.73. The molecule has 0 amide bonds. The fraction of sp³-hybridized carbons (Fsp3) is 0. The summed E-state index contributed by atoms with van der Waals surface area (Å²) in [5, 5.41) is 3.02. The Morgan fingerprint density at radius 2 is 1.73 bits per heavy atom. The van der Waals surface area contributed by atoms with Crippen molar-refractivity contribution in [3.63, 3.8) is 0 Å². The lowest BCUT2D eigenvalue weighted by molar-refractivity contribution is 1.04. The van der Waals surface area contributed by atoms with Crippen molar-refractivity contribution >= 4 is 17.6 Å². The number of para-hydroxylation sites is 1. The number of hydrazine groups is 1. The fourth-order valence-electron chi connectivity index (χ4n) is 1.08. The summed E-state index contributed by atoms with van der Waals surface area (Å²) >= 11 is 0. The minimum absolute atomic E-state index is 0.323. The molecular weight excluding hydrogens is 192 g/mol. The van der Waals surface area contributed by atoms with Gasteiger partial charge in [-0.2, -0.15) is 4.98 Å². The van der Waals surface area contributed by atoms with Crippen LogP contribution in [0.5, 0.6) is 0 Å². The molecular formula is C9H10N6. The largest absolute Gasteiger partial charge is 0.324 e. The predicted molar refractivity (Wildman–Crippen MR) is 57.4 cm³/mol. The van der Waals surface area contributed by atoms with E-state index in [1.165, 1.54) is 6.33 Å². The van der Waals surface area contributed by atoms with Gasteiger partial charge in [0.05, 0.1) is 0 Å². The second-order valence-corrected chi connectivity index (χ2v) is 2.77. The van der Waals surface area contributed by atoms with Crippen LogP contribution in [-0.2, 0) is 0 Å². The fourth-order valence-corrected chi connectivity index (χ4v) is 1.08. The molecule has 0 radical (unpaired) electrons. The highest BCUT2D eigenvalue weighted by Gasteiger charge is 1.98. The standard InChI is InChI=1S/C9H10N6/c10-15-9-12-6-11-8(14-9)13-7-4-2-1-3-5-7/h1-6H,10H2,(H2,11,12,13,14,15). The van der Waals surface area contributed by atoms with Crippen LogP contribution in [0, 0.1) is 0 Å². The Morgan fingerprint density at radius 1 is 1.00 bits per heavy atom. The van der Waals surface area contributed by atoms with Gasteiger partial charge in [-0.05, 0) is 12.1 Å². The third kappa shape index (κ3) is 2.38. The number of hydrogen-bond acceptors (Lipinski definition) is 6. The number of anilines is 3. The minimum atomic E-state index is 0.323. The van der Waals surface area contributed by atoms with Crippen molar-refractivity contribution in [2.45, 2.75) is 0 Å². The average molecular weight is 202 g/mol. The van der Waals surface area contributed by atoms with E-state index in [1.54, 1.807) is 0 Å². The second-order valence-electron chi connectivity index (χ2n) is 2.77. The van der Waals surface area contributed by atoms with Gasteiger partial charge in [0.25, 0.3) is 0 Å². The number of aromatic nitrogens is 3. The highest BCUT2D eigenvalue weighted by Crippen LogP contribution is 2.11. The maximum atomic E-state index is 5.18. The van der Waals surface area contributed by atoms with Crippen LogP contribution < -0.4 is 16.6 Å². The molecule has 0 saturated carbocycles. The molecule has 0 aliphatic heterocycles. The van der Waals surface area contributed by atoms with Gasteiger partial charge in [0.15, 0.2) is 0 Å². The van der Waals surface area contributed by atoms with Crippen LogP contribution in [0.4, 0.5) is 17.6 Å². The molecule has 2 aromatic rings. The normalized spacial score (nSPS) is 9.67. The first-order chi connectivity index (χ1) is 7.38. The molecule has 6 nitrogen and oxygen atoms in total. The van der Waals surface area contributed by atoms with Gasteiger partial charge < -0.3 is 5.32 Å². The Balaban J connectivity index is 2.17. The first-order valence-corrected chi connectivity index (χ1v) is 4.36. The molecule has 15 heavy (non-hydrogen) atoms. The van der Waals surface area contributed by atoms with Crippen molar-refractivity contribution in [2.24, 2.45) is 5.84 Å². The summed E-state index contributed by atoms with van der Waals surface area (Å²) in [6.45, 7) is 0. The monoisotopic (exact) mass is 202 g/mol. The number of nitrogens with one attached hydrogen (secondary N) is 2. The molecule has 0 saturated heterocycles. The maximum absolute atomic E-state index is 5.18. The molecule has 0 bridgehead atoms. The highest BCUT2D eigenvalue weighted by molar-refractivity contribution is 5.53. The summed E-state index contributed by atoms with van der Waals surface area (Å²) in [5.41, 5.74) is 3.26. The Morgan fingerprint density at radius 3 is 2.47 bits per heavy atom. The van der Waals surface area contributed by atoms with Crippen LogP contribution in [0.3, 0.4) is 0 Å².